The van der Waals surface area contributed by atoms with Crippen molar-refractivity contribution < 1.29 is 4.74 Å². The van der Waals surface area contributed by atoms with E-state index in [1.54, 1.807) is 25.1 Å². The second-order valence-electron chi connectivity index (χ2n) is 3.26. The summed E-state index contributed by atoms with van der Waals surface area (Å²) in [4.78, 5) is 4.01. The minimum Gasteiger partial charge on any atom is -0.496 e. The van der Waals surface area contributed by atoms with Crippen molar-refractivity contribution >= 4 is 39.8 Å². The SMILES string of the molecule is COc1ccc(Cl)cc1CSc1cnc(N)s1. The van der Waals surface area contributed by atoms with Gasteiger partial charge in [0.2, 0.25) is 0 Å². The van der Waals surface area contributed by atoms with Gasteiger partial charge in [0.05, 0.1) is 17.5 Å². The summed E-state index contributed by atoms with van der Waals surface area (Å²) in [5.74, 6) is 1.63. The summed E-state index contributed by atoms with van der Waals surface area (Å²) in [5.41, 5.74) is 6.64. The molecule has 0 unspecified atom stereocenters. The van der Waals surface area contributed by atoms with Crippen LogP contribution in [-0.2, 0) is 5.75 Å². The van der Waals surface area contributed by atoms with Crippen molar-refractivity contribution in [2.24, 2.45) is 0 Å². The van der Waals surface area contributed by atoms with Gasteiger partial charge in [-0.1, -0.05) is 22.9 Å². The van der Waals surface area contributed by atoms with Crippen LogP contribution in [0.5, 0.6) is 5.75 Å². The second-order valence-corrected chi connectivity index (χ2v) is 6.04. The van der Waals surface area contributed by atoms with Crippen LogP contribution in [0.3, 0.4) is 0 Å². The highest BCUT2D eigenvalue weighted by Crippen LogP contribution is 2.33. The number of methoxy groups -OCH3 is 1. The minimum atomic E-state index is 0.588. The van der Waals surface area contributed by atoms with Crippen molar-refractivity contribution in [3.63, 3.8) is 0 Å². The molecule has 1 aromatic heterocycles. The maximum absolute atomic E-state index is 5.97. The van der Waals surface area contributed by atoms with E-state index in [2.05, 4.69) is 4.98 Å². The van der Waals surface area contributed by atoms with Crippen LogP contribution < -0.4 is 10.5 Å². The van der Waals surface area contributed by atoms with Gasteiger partial charge in [-0.2, -0.15) is 0 Å². The summed E-state index contributed by atoms with van der Waals surface area (Å²) in [5, 5.41) is 1.30. The molecule has 0 radical (unpaired) electrons. The van der Waals surface area contributed by atoms with Crippen molar-refractivity contribution in [3.05, 3.63) is 35.0 Å². The lowest BCUT2D eigenvalue weighted by atomic mass is 10.2. The second kappa shape index (κ2) is 5.62. The number of hydrogen-bond acceptors (Lipinski definition) is 5. The molecule has 1 heterocycles. The summed E-state index contributed by atoms with van der Waals surface area (Å²) < 4.78 is 6.37. The highest BCUT2D eigenvalue weighted by Gasteiger charge is 2.06. The fourth-order valence-electron chi connectivity index (χ4n) is 1.35. The van der Waals surface area contributed by atoms with Gasteiger partial charge >= 0.3 is 0 Å². The molecule has 17 heavy (non-hydrogen) atoms. The molecule has 3 nitrogen and oxygen atoms in total. The van der Waals surface area contributed by atoms with Crippen LogP contribution in [0.4, 0.5) is 5.13 Å². The molecular weight excluding hydrogens is 276 g/mol. The summed E-state index contributed by atoms with van der Waals surface area (Å²) >= 11 is 9.12. The molecule has 0 amide bonds. The number of rotatable bonds is 4. The minimum absolute atomic E-state index is 0.588. The largest absolute Gasteiger partial charge is 0.496 e. The van der Waals surface area contributed by atoms with Crippen molar-refractivity contribution in [2.75, 3.05) is 12.8 Å². The van der Waals surface area contributed by atoms with Crippen LogP contribution in [0, 0.1) is 0 Å². The Morgan fingerprint density at radius 2 is 2.35 bits per heavy atom. The van der Waals surface area contributed by atoms with Gasteiger partial charge in [0.25, 0.3) is 0 Å². The fraction of sp³-hybridized carbons (Fsp3) is 0.182. The molecule has 0 atom stereocenters. The first-order valence-corrected chi connectivity index (χ1v) is 7.03. The third-order valence-corrected chi connectivity index (χ3v) is 4.42. The third-order valence-electron chi connectivity index (χ3n) is 2.11. The number of halogens is 1. The number of ether oxygens (including phenoxy) is 1. The van der Waals surface area contributed by atoms with Crippen LogP contribution in [0.2, 0.25) is 5.02 Å². The summed E-state index contributed by atoms with van der Waals surface area (Å²) in [7, 11) is 1.65. The predicted molar refractivity (Wildman–Crippen MR) is 74.1 cm³/mol. The fourth-order valence-corrected chi connectivity index (χ4v) is 3.28. The number of thiazole rings is 1. The van der Waals surface area contributed by atoms with Crippen molar-refractivity contribution in [1.29, 1.82) is 0 Å². The van der Waals surface area contributed by atoms with Crippen LogP contribution in [0.15, 0.2) is 28.6 Å². The number of nitrogens with zero attached hydrogens (tertiary/aromatic N) is 1. The number of nitrogens with two attached hydrogens (primary N) is 1. The number of hydrogen-bond donors (Lipinski definition) is 1. The molecule has 0 bridgehead atoms. The van der Waals surface area contributed by atoms with E-state index < -0.39 is 0 Å². The first-order valence-electron chi connectivity index (χ1n) is 4.85. The van der Waals surface area contributed by atoms with Gasteiger partial charge in [-0.05, 0) is 18.2 Å². The van der Waals surface area contributed by atoms with Gasteiger partial charge in [0.1, 0.15) is 5.75 Å². The number of benzene rings is 1. The monoisotopic (exact) mass is 286 g/mol. The Bertz CT molecular complexity index is 516. The first kappa shape index (κ1) is 12.5. The van der Waals surface area contributed by atoms with Crippen LogP contribution >= 0.6 is 34.7 Å². The lowest BCUT2D eigenvalue weighted by Crippen LogP contribution is -1.89. The van der Waals surface area contributed by atoms with E-state index in [4.69, 9.17) is 22.1 Å². The number of thioether (sulfide) groups is 1. The van der Waals surface area contributed by atoms with Gasteiger partial charge < -0.3 is 10.5 Å². The summed E-state index contributed by atoms with van der Waals surface area (Å²) in [6.45, 7) is 0. The predicted octanol–water partition coefficient (Wildman–Crippen LogP) is 3.68. The van der Waals surface area contributed by atoms with E-state index in [9.17, 15) is 0 Å². The van der Waals surface area contributed by atoms with Crippen molar-refractivity contribution in [2.45, 2.75) is 9.96 Å². The summed E-state index contributed by atoms with van der Waals surface area (Å²) in [6.07, 6.45) is 1.78. The Morgan fingerprint density at radius 1 is 1.53 bits per heavy atom. The van der Waals surface area contributed by atoms with Crippen molar-refractivity contribution in [3.8, 4) is 5.75 Å². The maximum atomic E-state index is 5.97. The molecule has 90 valence electrons. The van der Waals surface area contributed by atoms with Crippen LogP contribution in [0.1, 0.15) is 5.56 Å². The third kappa shape index (κ3) is 3.28. The summed E-state index contributed by atoms with van der Waals surface area (Å²) in [6, 6.07) is 5.61. The van der Waals surface area contributed by atoms with E-state index in [-0.39, 0.29) is 0 Å². The quantitative estimate of drug-likeness (QED) is 0.871. The Hall–Kier alpha value is -0.910. The van der Waals surface area contributed by atoms with Gasteiger partial charge in [0.15, 0.2) is 5.13 Å². The molecule has 0 aliphatic heterocycles. The van der Waals surface area contributed by atoms with E-state index in [1.807, 2.05) is 18.2 Å². The lowest BCUT2D eigenvalue weighted by Gasteiger charge is -2.07. The zero-order valence-corrected chi connectivity index (χ0v) is 11.5. The molecule has 6 heteroatoms. The highest BCUT2D eigenvalue weighted by atomic mass is 35.5. The molecule has 0 saturated heterocycles. The Morgan fingerprint density at radius 3 is 3.00 bits per heavy atom. The zero-order chi connectivity index (χ0) is 12.3. The molecule has 0 saturated carbocycles. The molecule has 0 fully saturated rings. The van der Waals surface area contributed by atoms with Gasteiger partial charge in [-0.3, -0.25) is 0 Å². The molecule has 2 N–H and O–H groups in total. The topological polar surface area (TPSA) is 48.1 Å². The average molecular weight is 287 g/mol. The van der Waals surface area contributed by atoms with Crippen LogP contribution in [-0.4, -0.2) is 12.1 Å². The molecule has 1 aromatic carbocycles. The van der Waals surface area contributed by atoms with E-state index in [0.29, 0.717) is 10.2 Å². The molecular formula is C11H11ClN2OS2. The van der Waals surface area contributed by atoms with Gasteiger partial charge in [-0.15, -0.1) is 11.8 Å². The van der Waals surface area contributed by atoms with Gasteiger partial charge in [-0.25, -0.2) is 4.98 Å². The normalized spacial score (nSPS) is 10.5. The molecule has 2 rings (SSSR count). The first-order chi connectivity index (χ1) is 8.19. The molecule has 2 aromatic rings. The number of anilines is 1. The van der Waals surface area contributed by atoms with E-state index in [0.717, 1.165) is 21.3 Å². The van der Waals surface area contributed by atoms with Crippen molar-refractivity contribution in [1.82, 2.24) is 4.98 Å². The van der Waals surface area contributed by atoms with E-state index in [1.165, 1.54) is 11.3 Å². The standard InChI is InChI=1S/C11H11ClN2OS2/c1-15-9-3-2-8(12)4-7(9)6-16-10-5-14-11(13)17-10/h2-5H,6H2,1H3,(H2,13,14). The Balaban J connectivity index is 2.10. The number of aromatic nitrogens is 1. The zero-order valence-electron chi connectivity index (χ0n) is 9.14. The molecule has 0 spiro atoms. The Labute approximate surface area is 113 Å². The highest BCUT2D eigenvalue weighted by molar-refractivity contribution is 8.00. The van der Waals surface area contributed by atoms with Gasteiger partial charge in [0, 0.05) is 16.3 Å². The van der Waals surface area contributed by atoms with Crippen LogP contribution in [0.25, 0.3) is 0 Å². The Kier molecular flexibility index (Phi) is 4.15. The molecule has 0 aliphatic carbocycles. The molecule has 0 aliphatic rings. The maximum Gasteiger partial charge on any atom is 0.181 e. The average Bonchev–Trinajstić information content (AvgIpc) is 2.73. The lowest BCUT2D eigenvalue weighted by molar-refractivity contribution is 0.411. The smallest absolute Gasteiger partial charge is 0.181 e. The van der Waals surface area contributed by atoms with E-state index >= 15 is 0 Å². The number of nitrogen functional groups attached to an aromatic ring is 1.